The van der Waals surface area contributed by atoms with Crippen LogP contribution in [0.2, 0.25) is 0 Å². The van der Waals surface area contributed by atoms with Crippen LogP contribution in [0.4, 0.5) is 5.88 Å². The number of hydrogen-bond donors (Lipinski definition) is 0. The number of furan rings is 1. The molecular weight excluding hydrogens is 234 g/mol. The van der Waals surface area contributed by atoms with Gasteiger partial charge in [-0.3, -0.25) is 10.1 Å². The van der Waals surface area contributed by atoms with Crippen molar-refractivity contribution in [2.45, 2.75) is 0 Å². The molecule has 1 rings (SSSR count). The van der Waals surface area contributed by atoms with E-state index in [4.69, 9.17) is 9.68 Å². The van der Waals surface area contributed by atoms with Gasteiger partial charge in [0.05, 0.1) is 17.7 Å². The first-order chi connectivity index (χ1) is 8.02. The second-order valence-corrected chi connectivity index (χ2v) is 2.71. The van der Waals surface area contributed by atoms with Crippen LogP contribution in [0.1, 0.15) is 5.76 Å². The Bertz CT molecular complexity index is 512. The second-order valence-electron chi connectivity index (χ2n) is 2.71. The maximum Gasteiger partial charge on any atom is 0.433 e. The van der Waals surface area contributed by atoms with E-state index in [1.807, 2.05) is 0 Å². The van der Waals surface area contributed by atoms with E-state index in [0.29, 0.717) is 0 Å². The first-order valence-electron chi connectivity index (χ1n) is 4.15. The molecule has 0 aliphatic rings. The molecule has 0 radical (unpaired) electrons. The minimum atomic E-state index is -1.05. The standard InChI is InChI=1S/C8H5N3O6/c9-4-6(5-16-11(14)15)3-7-1-2-8(17-7)10(12)13/h1-3H,5H2/b6-3+. The molecule has 0 aliphatic heterocycles. The Hall–Kier alpha value is -2.89. The van der Waals surface area contributed by atoms with Gasteiger partial charge in [0.25, 0.3) is 5.09 Å². The Morgan fingerprint density at radius 1 is 1.53 bits per heavy atom. The Morgan fingerprint density at radius 2 is 2.24 bits per heavy atom. The fourth-order valence-electron chi connectivity index (χ4n) is 0.918. The van der Waals surface area contributed by atoms with Gasteiger partial charge in [0.15, 0.2) is 0 Å². The number of nitro groups is 1. The number of nitrogens with zero attached hydrogens (tertiary/aromatic N) is 3. The van der Waals surface area contributed by atoms with E-state index in [1.54, 1.807) is 6.07 Å². The molecule has 0 fully saturated rings. The number of nitriles is 1. The molecule has 0 spiro atoms. The molecule has 9 nitrogen and oxygen atoms in total. The molecule has 88 valence electrons. The molecule has 0 amide bonds. The van der Waals surface area contributed by atoms with E-state index in [-0.39, 0.29) is 11.3 Å². The average molecular weight is 239 g/mol. The highest BCUT2D eigenvalue weighted by Crippen LogP contribution is 2.17. The van der Waals surface area contributed by atoms with Gasteiger partial charge in [0.1, 0.15) is 17.3 Å². The normalized spacial score (nSPS) is 10.6. The predicted octanol–water partition coefficient (Wildman–Crippen LogP) is 1.30. The molecule has 0 aliphatic carbocycles. The van der Waals surface area contributed by atoms with Crippen molar-refractivity contribution in [2.75, 3.05) is 6.61 Å². The van der Waals surface area contributed by atoms with E-state index in [1.165, 1.54) is 6.07 Å². The van der Waals surface area contributed by atoms with Gasteiger partial charge in [0, 0.05) is 0 Å². The Balaban J connectivity index is 2.80. The fraction of sp³-hybridized carbons (Fsp3) is 0.125. The van der Waals surface area contributed by atoms with Gasteiger partial charge in [-0.2, -0.15) is 5.26 Å². The Labute approximate surface area is 93.8 Å². The minimum absolute atomic E-state index is 0.0418. The Kier molecular flexibility index (Phi) is 3.77. The highest BCUT2D eigenvalue weighted by molar-refractivity contribution is 5.53. The summed E-state index contributed by atoms with van der Waals surface area (Å²) < 4.78 is 4.73. The molecule has 0 saturated carbocycles. The third-order valence-corrected chi connectivity index (χ3v) is 1.58. The zero-order valence-electron chi connectivity index (χ0n) is 8.23. The maximum absolute atomic E-state index is 10.3. The van der Waals surface area contributed by atoms with Crippen molar-refractivity contribution in [3.63, 3.8) is 0 Å². The van der Waals surface area contributed by atoms with Gasteiger partial charge in [0.2, 0.25) is 0 Å². The third-order valence-electron chi connectivity index (χ3n) is 1.58. The molecule has 1 aromatic heterocycles. The van der Waals surface area contributed by atoms with E-state index in [9.17, 15) is 20.2 Å². The summed E-state index contributed by atoms with van der Waals surface area (Å²) in [5.74, 6) is -0.441. The summed E-state index contributed by atoms with van der Waals surface area (Å²) in [5, 5.41) is 27.8. The SMILES string of the molecule is N#C/C(=C\c1ccc([N+](=O)[O-])o1)CO[N+](=O)[O-]. The summed E-state index contributed by atoms with van der Waals surface area (Å²) in [6.45, 7) is -0.544. The van der Waals surface area contributed by atoms with Crippen LogP contribution in [0.3, 0.4) is 0 Å². The molecule has 0 unspecified atom stereocenters. The van der Waals surface area contributed by atoms with Gasteiger partial charge in [-0.25, -0.2) is 0 Å². The molecule has 0 saturated heterocycles. The highest BCUT2D eigenvalue weighted by Gasteiger charge is 2.11. The first-order valence-corrected chi connectivity index (χ1v) is 4.15. The summed E-state index contributed by atoms with van der Waals surface area (Å²) in [6.07, 6.45) is 1.12. The predicted molar refractivity (Wildman–Crippen MR) is 51.9 cm³/mol. The monoisotopic (exact) mass is 239 g/mol. The molecule has 17 heavy (non-hydrogen) atoms. The smallest absolute Gasteiger partial charge is 0.401 e. The van der Waals surface area contributed by atoms with Crippen molar-refractivity contribution < 1.29 is 19.3 Å². The van der Waals surface area contributed by atoms with E-state index in [2.05, 4.69) is 4.84 Å². The van der Waals surface area contributed by atoms with Crippen LogP contribution in [-0.4, -0.2) is 16.6 Å². The van der Waals surface area contributed by atoms with Crippen molar-refractivity contribution in [3.8, 4) is 6.07 Å². The van der Waals surface area contributed by atoms with Crippen molar-refractivity contribution in [3.05, 3.63) is 43.7 Å². The summed E-state index contributed by atoms with van der Waals surface area (Å²) in [5.41, 5.74) is -0.0917. The van der Waals surface area contributed by atoms with Crippen LogP contribution >= 0.6 is 0 Å². The number of hydrogen-bond acceptors (Lipinski definition) is 7. The van der Waals surface area contributed by atoms with E-state index >= 15 is 0 Å². The van der Waals surface area contributed by atoms with Crippen molar-refractivity contribution in [1.82, 2.24) is 0 Å². The van der Waals surface area contributed by atoms with Crippen LogP contribution in [0.15, 0.2) is 22.1 Å². The molecule has 1 heterocycles. The highest BCUT2D eigenvalue weighted by atomic mass is 16.9. The van der Waals surface area contributed by atoms with Crippen molar-refractivity contribution >= 4 is 12.0 Å². The quantitative estimate of drug-likeness (QED) is 0.429. The van der Waals surface area contributed by atoms with Crippen LogP contribution in [0, 0.1) is 31.6 Å². The first kappa shape index (κ1) is 12.2. The molecule has 9 heteroatoms. The molecule has 0 N–H and O–H groups in total. The second kappa shape index (κ2) is 5.26. The topological polar surface area (TPSA) is 132 Å². The maximum atomic E-state index is 10.3. The van der Waals surface area contributed by atoms with Crippen molar-refractivity contribution in [2.24, 2.45) is 0 Å². The molecule has 1 aromatic rings. The minimum Gasteiger partial charge on any atom is -0.401 e. The fourth-order valence-corrected chi connectivity index (χ4v) is 0.918. The van der Waals surface area contributed by atoms with Gasteiger partial charge in [-0.15, -0.1) is 10.1 Å². The summed E-state index contributed by atoms with van der Waals surface area (Å²) in [6, 6.07) is 4.02. The largest absolute Gasteiger partial charge is 0.433 e. The van der Waals surface area contributed by atoms with Crippen LogP contribution in [0.25, 0.3) is 6.08 Å². The third kappa shape index (κ3) is 3.63. The lowest BCUT2D eigenvalue weighted by molar-refractivity contribution is -0.755. The molecular formula is C8H5N3O6. The molecule has 0 bridgehead atoms. The molecule has 0 atom stereocenters. The van der Waals surface area contributed by atoms with Gasteiger partial charge in [-0.1, -0.05) is 0 Å². The zero-order chi connectivity index (χ0) is 12.8. The van der Waals surface area contributed by atoms with Gasteiger partial charge < -0.3 is 9.25 Å². The van der Waals surface area contributed by atoms with Crippen molar-refractivity contribution in [1.29, 1.82) is 5.26 Å². The van der Waals surface area contributed by atoms with E-state index < -0.39 is 22.5 Å². The number of rotatable bonds is 5. The van der Waals surface area contributed by atoms with E-state index in [0.717, 1.165) is 12.1 Å². The zero-order valence-corrected chi connectivity index (χ0v) is 8.23. The van der Waals surface area contributed by atoms with Crippen LogP contribution < -0.4 is 0 Å². The summed E-state index contributed by atoms with van der Waals surface area (Å²) in [7, 11) is 0. The van der Waals surface area contributed by atoms with Gasteiger partial charge >= 0.3 is 5.88 Å². The Morgan fingerprint density at radius 3 is 2.71 bits per heavy atom. The summed E-state index contributed by atoms with van der Waals surface area (Å²) >= 11 is 0. The van der Waals surface area contributed by atoms with Crippen LogP contribution in [-0.2, 0) is 4.84 Å². The average Bonchev–Trinajstić information content (AvgIpc) is 2.72. The summed E-state index contributed by atoms with van der Waals surface area (Å²) in [4.78, 5) is 23.4. The van der Waals surface area contributed by atoms with Gasteiger partial charge in [-0.05, 0) is 12.1 Å². The lowest BCUT2D eigenvalue weighted by atomic mass is 10.2. The molecule has 0 aromatic carbocycles. The lowest BCUT2D eigenvalue weighted by Crippen LogP contribution is -2.03. The van der Waals surface area contributed by atoms with Crippen LogP contribution in [0.5, 0.6) is 0 Å². The lowest BCUT2D eigenvalue weighted by Gasteiger charge is -1.94.